The fourth-order valence-corrected chi connectivity index (χ4v) is 5.78. The summed E-state index contributed by atoms with van der Waals surface area (Å²) in [5, 5.41) is 3.59. The number of nitrogens with one attached hydrogen (secondary N) is 1. The van der Waals surface area contributed by atoms with E-state index in [1.54, 1.807) is 37.3 Å². The molecule has 0 bridgehead atoms. The van der Waals surface area contributed by atoms with Gasteiger partial charge in [-0.3, -0.25) is 14.4 Å². The van der Waals surface area contributed by atoms with Gasteiger partial charge in [0.25, 0.3) is 15.9 Å². The second-order valence-electron chi connectivity index (χ2n) is 8.75. The van der Waals surface area contributed by atoms with Crippen molar-refractivity contribution in [2.75, 3.05) is 6.54 Å². The number of sulfonamides is 1. The van der Waals surface area contributed by atoms with Crippen molar-refractivity contribution >= 4 is 50.9 Å². The first-order valence-corrected chi connectivity index (χ1v) is 13.9. The van der Waals surface area contributed by atoms with Gasteiger partial charge in [0.05, 0.1) is 15.6 Å². The van der Waals surface area contributed by atoms with Gasteiger partial charge in [0.15, 0.2) is 0 Å². The first-order valence-electron chi connectivity index (χ1n) is 11.7. The number of hydrogen-bond donors (Lipinski definition) is 1. The van der Waals surface area contributed by atoms with Gasteiger partial charge in [0.1, 0.15) is 10.9 Å². The molecule has 1 N–H and O–H groups in total. The molecule has 1 aliphatic heterocycles. The molecule has 3 rings (SSSR count). The van der Waals surface area contributed by atoms with E-state index < -0.39 is 22.0 Å². The summed E-state index contributed by atoms with van der Waals surface area (Å²) in [6, 6.07) is 10.2. The third kappa shape index (κ3) is 6.02. The molecule has 36 heavy (non-hydrogen) atoms. The molecule has 0 unspecified atom stereocenters. The third-order valence-electron chi connectivity index (χ3n) is 6.17. The molecule has 1 heterocycles. The molecule has 2 atom stereocenters. The first kappa shape index (κ1) is 28.0. The zero-order valence-corrected chi connectivity index (χ0v) is 22.7. The van der Waals surface area contributed by atoms with Crippen molar-refractivity contribution in [3.63, 3.8) is 0 Å². The lowest BCUT2D eigenvalue weighted by molar-refractivity contribution is -0.141. The summed E-state index contributed by atoms with van der Waals surface area (Å²) in [4.78, 5) is 40.1. The average molecular weight is 554 g/mol. The molecular weight excluding hydrogens is 525 g/mol. The number of carbonyl (C=O) groups excluding carboxylic acids is 3. The molecule has 8 nitrogen and oxygen atoms in total. The van der Waals surface area contributed by atoms with Crippen LogP contribution in [-0.4, -0.2) is 54.0 Å². The fourth-order valence-electron chi connectivity index (χ4n) is 3.85. The standard InChI is InChI=1S/C25H29Cl2N3O5S/c1-4-16(2)28-24(32)17(3)29(15-18-11-12-20(26)21(27)14-18)23(31)10-7-13-30-25(33)19-8-5-6-9-22(19)36(30,34)35/h5-6,8-9,11-12,14,16-17H,4,7,10,13,15H2,1-3H3,(H,28,32)/t16-,17-/m1/s1. The smallest absolute Gasteiger partial charge is 0.269 e. The summed E-state index contributed by atoms with van der Waals surface area (Å²) < 4.78 is 26.3. The van der Waals surface area contributed by atoms with Gasteiger partial charge in [-0.15, -0.1) is 0 Å². The molecule has 0 radical (unpaired) electrons. The number of rotatable bonds is 10. The zero-order valence-electron chi connectivity index (χ0n) is 20.3. The van der Waals surface area contributed by atoms with Crippen molar-refractivity contribution in [1.29, 1.82) is 0 Å². The van der Waals surface area contributed by atoms with E-state index in [0.29, 0.717) is 15.6 Å². The highest BCUT2D eigenvalue weighted by Gasteiger charge is 2.40. The van der Waals surface area contributed by atoms with Crippen molar-refractivity contribution < 1.29 is 22.8 Å². The lowest BCUT2D eigenvalue weighted by Gasteiger charge is -2.30. The van der Waals surface area contributed by atoms with E-state index in [4.69, 9.17) is 23.2 Å². The predicted molar refractivity (Wildman–Crippen MR) is 138 cm³/mol. The molecule has 0 saturated heterocycles. The Morgan fingerprint density at radius 2 is 1.78 bits per heavy atom. The lowest BCUT2D eigenvalue weighted by Crippen LogP contribution is -2.49. The van der Waals surface area contributed by atoms with Gasteiger partial charge < -0.3 is 10.2 Å². The number of nitrogens with zero attached hydrogens (tertiary/aromatic N) is 2. The summed E-state index contributed by atoms with van der Waals surface area (Å²) in [7, 11) is -3.95. The molecule has 3 amide bonds. The van der Waals surface area contributed by atoms with E-state index in [0.717, 1.165) is 10.7 Å². The van der Waals surface area contributed by atoms with Crippen LogP contribution >= 0.6 is 23.2 Å². The Hall–Kier alpha value is -2.62. The van der Waals surface area contributed by atoms with Crippen molar-refractivity contribution in [2.45, 2.75) is 63.6 Å². The second-order valence-corrected chi connectivity index (χ2v) is 11.4. The number of halogens is 2. The van der Waals surface area contributed by atoms with Crippen LogP contribution in [0, 0.1) is 0 Å². The van der Waals surface area contributed by atoms with Gasteiger partial charge >= 0.3 is 0 Å². The van der Waals surface area contributed by atoms with Crippen LogP contribution in [-0.2, 0) is 26.2 Å². The maximum absolute atomic E-state index is 13.3. The SMILES string of the molecule is CC[C@@H](C)NC(=O)[C@@H](C)N(Cc1ccc(Cl)c(Cl)c1)C(=O)CCCN1C(=O)c2ccccc2S1(=O)=O. The minimum absolute atomic E-state index is 0.0297. The molecular formula is C25H29Cl2N3O5S. The lowest BCUT2D eigenvalue weighted by atomic mass is 10.1. The van der Waals surface area contributed by atoms with Crippen LogP contribution in [0.15, 0.2) is 47.4 Å². The molecule has 2 aromatic carbocycles. The Balaban J connectivity index is 1.73. The van der Waals surface area contributed by atoms with Gasteiger partial charge in [-0.1, -0.05) is 48.3 Å². The second kappa shape index (κ2) is 11.6. The number of hydrogen-bond acceptors (Lipinski definition) is 5. The Morgan fingerprint density at radius 1 is 1.08 bits per heavy atom. The molecule has 0 spiro atoms. The van der Waals surface area contributed by atoms with Gasteiger partial charge in [0.2, 0.25) is 11.8 Å². The molecule has 0 saturated carbocycles. The van der Waals surface area contributed by atoms with Gasteiger partial charge in [-0.2, -0.15) is 0 Å². The summed E-state index contributed by atoms with van der Waals surface area (Å²) in [6.07, 6.45) is 0.785. The number of benzene rings is 2. The predicted octanol–water partition coefficient (Wildman–Crippen LogP) is 4.25. The van der Waals surface area contributed by atoms with Crippen LogP contribution in [0.4, 0.5) is 0 Å². The van der Waals surface area contributed by atoms with Crippen molar-refractivity contribution in [1.82, 2.24) is 14.5 Å². The third-order valence-corrected chi connectivity index (χ3v) is 8.75. The van der Waals surface area contributed by atoms with Crippen LogP contribution in [0.5, 0.6) is 0 Å². The Morgan fingerprint density at radius 3 is 2.42 bits per heavy atom. The number of fused-ring (bicyclic) bond motifs is 1. The van der Waals surface area contributed by atoms with E-state index in [1.807, 2.05) is 13.8 Å². The molecule has 1 aliphatic rings. The van der Waals surface area contributed by atoms with E-state index in [9.17, 15) is 22.8 Å². The monoisotopic (exact) mass is 553 g/mol. The van der Waals surface area contributed by atoms with Crippen LogP contribution < -0.4 is 5.32 Å². The minimum Gasteiger partial charge on any atom is -0.352 e. The summed E-state index contributed by atoms with van der Waals surface area (Å²) in [5.41, 5.74) is 0.814. The van der Waals surface area contributed by atoms with Gasteiger partial charge in [-0.05, 0) is 56.5 Å². The summed E-state index contributed by atoms with van der Waals surface area (Å²) in [6.45, 7) is 5.42. The van der Waals surface area contributed by atoms with E-state index in [-0.39, 0.29) is 54.2 Å². The molecule has 0 fully saturated rings. The topological polar surface area (TPSA) is 104 Å². The highest BCUT2D eigenvalue weighted by atomic mass is 35.5. The van der Waals surface area contributed by atoms with E-state index in [2.05, 4.69) is 5.32 Å². The Kier molecular flexibility index (Phi) is 9.03. The summed E-state index contributed by atoms with van der Waals surface area (Å²) >= 11 is 12.1. The van der Waals surface area contributed by atoms with Crippen LogP contribution in [0.25, 0.3) is 0 Å². The minimum atomic E-state index is -3.95. The maximum atomic E-state index is 13.3. The van der Waals surface area contributed by atoms with Gasteiger partial charge in [-0.25, -0.2) is 12.7 Å². The first-order chi connectivity index (χ1) is 17.0. The highest BCUT2D eigenvalue weighted by Crippen LogP contribution is 2.30. The molecule has 2 aromatic rings. The summed E-state index contributed by atoms with van der Waals surface area (Å²) in [5.74, 6) is -1.26. The fraction of sp³-hybridized carbons (Fsp3) is 0.400. The normalized spacial score (nSPS) is 15.8. The Bertz CT molecular complexity index is 1270. The molecule has 194 valence electrons. The van der Waals surface area contributed by atoms with Crippen molar-refractivity contribution in [3.05, 3.63) is 63.6 Å². The maximum Gasteiger partial charge on any atom is 0.269 e. The van der Waals surface area contributed by atoms with Gasteiger partial charge in [0, 0.05) is 25.6 Å². The van der Waals surface area contributed by atoms with E-state index in [1.165, 1.54) is 17.0 Å². The van der Waals surface area contributed by atoms with Crippen molar-refractivity contribution in [2.24, 2.45) is 0 Å². The largest absolute Gasteiger partial charge is 0.352 e. The quantitative estimate of drug-likeness (QED) is 0.473. The number of amides is 3. The highest BCUT2D eigenvalue weighted by molar-refractivity contribution is 7.90. The van der Waals surface area contributed by atoms with Crippen molar-refractivity contribution in [3.8, 4) is 0 Å². The molecule has 0 aliphatic carbocycles. The molecule has 0 aromatic heterocycles. The Labute approximate surface area is 221 Å². The molecule has 11 heteroatoms. The zero-order chi connectivity index (χ0) is 26.6. The van der Waals surface area contributed by atoms with Crippen LogP contribution in [0.3, 0.4) is 0 Å². The van der Waals surface area contributed by atoms with Crippen LogP contribution in [0.1, 0.15) is 56.0 Å². The van der Waals surface area contributed by atoms with E-state index >= 15 is 0 Å². The average Bonchev–Trinajstić information content (AvgIpc) is 3.04. The van der Waals surface area contributed by atoms with Crippen LogP contribution in [0.2, 0.25) is 10.0 Å². The number of carbonyl (C=O) groups is 3.